The van der Waals surface area contributed by atoms with Crippen molar-refractivity contribution in [2.45, 2.75) is 17.9 Å². The zero-order valence-corrected chi connectivity index (χ0v) is 11.8. The van der Waals surface area contributed by atoms with E-state index in [1.807, 2.05) is 6.92 Å². The summed E-state index contributed by atoms with van der Waals surface area (Å²) in [7, 11) is -3.91. The molecule has 1 aromatic rings. The molecular weight excluding hydrogens is 286 g/mol. The van der Waals surface area contributed by atoms with E-state index in [0.29, 0.717) is 12.6 Å². The smallest absolute Gasteiger partial charge is 0.246 e. The Bertz CT molecular complexity index is 635. The monoisotopic (exact) mass is 302 g/mol. The van der Waals surface area contributed by atoms with E-state index in [4.69, 9.17) is 0 Å². The normalized spacial score (nSPS) is 30.6. The third-order valence-corrected chi connectivity index (χ3v) is 6.35. The van der Waals surface area contributed by atoms with Gasteiger partial charge < -0.3 is 5.32 Å². The molecule has 0 aromatic heterocycles. The Morgan fingerprint density at radius 3 is 2.70 bits per heavy atom. The highest BCUT2D eigenvalue weighted by Gasteiger charge is 2.47. The van der Waals surface area contributed by atoms with E-state index in [9.17, 15) is 17.2 Å². The molecule has 1 N–H and O–H groups in total. The van der Waals surface area contributed by atoms with E-state index < -0.39 is 26.6 Å². The van der Waals surface area contributed by atoms with Crippen molar-refractivity contribution >= 4 is 10.0 Å². The number of nitrogens with zero attached hydrogens (tertiary/aromatic N) is 1. The van der Waals surface area contributed by atoms with Crippen LogP contribution in [0.15, 0.2) is 23.1 Å². The van der Waals surface area contributed by atoms with Crippen molar-refractivity contribution in [1.82, 2.24) is 9.62 Å². The van der Waals surface area contributed by atoms with Crippen molar-refractivity contribution in [3.63, 3.8) is 0 Å². The molecule has 3 atom stereocenters. The van der Waals surface area contributed by atoms with Crippen molar-refractivity contribution in [3.8, 4) is 0 Å². The highest BCUT2D eigenvalue weighted by atomic mass is 32.2. The van der Waals surface area contributed by atoms with Crippen molar-refractivity contribution in [2.24, 2.45) is 11.8 Å². The lowest BCUT2D eigenvalue weighted by Gasteiger charge is -2.24. The molecule has 7 heteroatoms. The average Bonchev–Trinajstić information content (AvgIpc) is 2.92. The van der Waals surface area contributed by atoms with E-state index >= 15 is 0 Å². The van der Waals surface area contributed by atoms with Crippen LogP contribution in [0.4, 0.5) is 8.78 Å². The first kappa shape index (κ1) is 13.9. The van der Waals surface area contributed by atoms with E-state index in [1.165, 1.54) is 4.31 Å². The fourth-order valence-corrected chi connectivity index (χ4v) is 5.04. The van der Waals surface area contributed by atoms with Crippen LogP contribution < -0.4 is 5.32 Å². The number of hydrogen-bond donors (Lipinski definition) is 1. The van der Waals surface area contributed by atoms with Crippen LogP contribution in [0, 0.1) is 23.5 Å². The van der Waals surface area contributed by atoms with E-state index in [-0.39, 0.29) is 17.9 Å². The summed E-state index contributed by atoms with van der Waals surface area (Å²) in [6.45, 7) is 3.80. The van der Waals surface area contributed by atoms with Crippen LogP contribution >= 0.6 is 0 Å². The van der Waals surface area contributed by atoms with Crippen molar-refractivity contribution in [2.75, 3.05) is 19.6 Å². The lowest BCUT2D eigenvalue weighted by Crippen LogP contribution is -2.38. The van der Waals surface area contributed by atoms with Gasteiger partial charge in [-0.3, -0.25) is 0 Å². The maximum absolute atomic E-state index is 13.8. The second-order valence-corrected chi connectivity index (χ2v) is 7.33. The topological polar surface area (TPSA) is 49.4 Å². The van der Waals surface area contributed by atoms with Crippen LogP contribution in [-0.4, -0.2) is 38.4 Å². The fourth-order valence-electron chi connectivity index (χ4n) is 3.26. The second-order valence-electron chi connectivity index (χ2n) is 5.47. The standard InChI is InChI=1S/C13H16F2N2O2S/c1-8-11-6-16-5-9(11)7-17(8)20(18,19)13-3-2-10(14)4-12(13)15/h2-4,8-9,11,16H,5-7H2,1H3. The van der Waals surface area contributed by atoms with Gasteiger partial charge in [-0.05, 0) is 44.0 Å². The van der Waals surface area contributed by atoms with E-state index in [1.54, 1.807) is 0 Å². The number of benzene rings is 1. The van der Waals surface area contributed by atoms with Gasteiger partial charge in [0.15, 0.2) is 0 Å². The van der Waals surface area contributed by atoms with Crippen LogP contribution in [0.2, 0.25) is 0 Å². The molecule has 20 heavy (non-hydrogen) atoms. The zero-order chi connectivity index (χ0) is 14.5. The van der Waals surface area contributed by atoms with Gasteiger partial charge in [0, 0.05) is 18.7 Å². The first-order valence-corrected chi connectivity index (χ1v) is 8.03. The lowest BCUT2D eigenvalue weighted by molar-refractivity contribution is 0.358. The summed E-state index contributed by atoms with van der Waals surface area (Å²) in [5, 5.41) is 3.24. The molecule has 2 saturated heterocycles. The molecule has 110 valence electrons. The highest BCUT2D eigenvalue weighted by molar-refractivity contribution is 7.89. The summed E-state index contributed by atoms with van der Waals surface area (Å²) < 4.78 is 53.1. The van der Waals surface area contributed by atoms with Gasteiger partial charge in [0.1, 0.15) is 16.5 Å². The molecule has 2 heterocycles. The predicted octanol–water partition coefficient (Wildman–Crippen LogP) is 1.19. The van der Waals surface area contributed by atoms with Gasteiger partial charge in [-0.2, -0.15) is 4.31 Å². The van der Waals surface area contributed by atoms with E-state index in [0.717, 1.165) is 25.2 Å². The van der Waals surface area contributed by atoms with Gasteiger partial charge in [0.2, 0.25) is 10.0 Å². The largest absolute Gasteiger partial charge is 0.316 e. The van der Waals surface area contributed by atoms with Crippen LogP contribution in [0.1, 0.15) is 6.92 Å². The van der Waals surface area contributed by atoms with Crippen LogP contribution in [0.3, 0.4) is 0 Å². The second kappa shape index (κ2) is 4.75. The first-order chi connectivity index (χ1) is 9.41. The molecule has 1 aromatic carbocycles. The molecule has 0 amide bonds. The van der Waals surface area contributed by atoms with Crippen LogP contribution in [0.25, 0.3) is 0 Å². The maximum Gasteiger partial charge on any atom is 0.246 e. The minimum atomic E-state index is -3.91. The SMILES string of the molecule is CC1C2CNCC2CN1S(=O)(=O)c1ccc(F)cc1F. The predicted molar refractivity (Wildman–Crippen MR) is 69.6 cm³/mol. The Morgan fingerprint density at radius 1 is 1.30 bits per heavy atom. The number of fused-ring (bicyclic) bond motifs is 1. The molecule has 0 saturated carbocycles. The van der Waals surface area contributed by atoms with Crippen molar-refractivity contribution < 1.29 is 17.2 Å². The molecular formula is C13H16F2N2O2S. The Labute approximate surface area is 116 Å². The molecule has 2 fully saturated rings. The average molecular weight is 302 g/mol. The minimum Gasteiger partial charge on any atom is -0.316 e. The van der Waals surface area contributed by atoms with Gasteiger partial charge in [-0.15, -0.1) is 0 Å². The number of halogens is 2. The van der Waals surface area contributed by atoms with Gasteiger partial charge >= 0.3 is 0 Å². The number of sulfonamides is 1. The van der Waals surface area contributed by atoms with Gasteiger partial charge in [-0.25, -0.2) is 17.2 Å². The number of hydrogen-bond acceptors (Lipinski definition) is 3. The molecule has 0 bridgehead atoms. The number of nitrogens with one attached hydrogen (secondary N) is 1. The third kappa shape index (κ3) is 2.04. The summed E-state index contributed by atoms with van der Waals surface area (Å²) in [6.07, 6.45) is 0. The van der Waals surface area contributed by atoms with Crippen molar-refractivity contribution in [1.29, 1.82) is 0 Å². The molecule has 2 aliphatic heterocycles. The minimum absolute atomic E-state index is 0.176. The summed E-state index contributed by atoms with van der Waals surface area (Å²) in [5.74, 6) is -1.29. The van der Waals surface area contributed by atoms with E-state index in [2.05, 4.69) is 5.32 Å². The number of rotatable bonds is 2. The summed E-state index contributed by atoms with van der Waals surface area (Å²) in [5.41, 5.74) is 0. The van der Waals surface area contributed by atoms with Gasteiger partial charge in [0.25, 0.3) is 0 Å². The zero-order valence-electron chi connectivity index (χ0n) is 11.0. The van der Waals surface area contributed by atoms with Gasteiger partial charge in [-0.1, -0.05) is 0 Å². The maximum atomic E-state index is 13.8. The fraction of sp³-hybridized carbons (Fsp3) is 0.538. The molecule has 0 aliphatic carbocycles. The molecule has 3 rings (SSSR count). The first-order valence-electron chi connectivity index (χ1n) is 6.59. The molecule has 0 spiro atoms. The van der Waals surface area contributed by atoms with Crippen molar-refractivity contribution in [3.05, 3.63) is 29.8 Å². The molecule has 2 aliphatic rings. The Morgan fingerprint density at radius 2 is 2.05 bits per heavy atom. The lowest BCUT2D eigenvalue weighted by atomic mass is 9.95. The summed E-state index contributed by atoms with van der Waals surface area (Å²) >= 11 is 0. The summed E-state index contributed by atoms with van der Waals surface area (Å²) in [6, 6.07) is 2.40. The quantitative estimate of drug-likeness (QED) is 0.893. The molecule has 3 unspecified atom stereocenters. The Hall–Kier alpha value is -1.05. The third-order valence-electron chi connectivity index (χ3n) is 4.36. The summed E-state index contributed by atoms with van der Waals surface area (Å²) in [4.78, 5) is -0.446. The van der Waals surface area contributed by atoms with Crippen LogP contribution in [-0.2, 0) is 10.0 Å². The Kier molecular flexibility index (Phi) is 3.30. The highest BCUT2D eigenvalue weighted by Crippen LogP contribution is 2.36. The Balaban J connectivity index is 1.96. The molecule has 4 nitrogen and oxygen atoms in total. The molecule has 0 radical (unpaired) electrons. The van der Waals surface area contributed by atoms with Gasteiger partial charge in [0.05, 0.1) is 0 Å². The van der Waals surface area contributed by atoms with Crippen LogP contribution in [0.5, 0.6) is 0 Å².